The van der Waals surface area contributed by atoms with E-state index < -0.39 is 0 Å². The third kappa shape index (κ3) is 5.35. The zero-order chi connectivity index (χ0) is 36.2. The normalized spacial score (nSPS) is 11.8. The van der Waals surface area contributed by atoms with Crippen LogP contribution in [0.4, 0.5) is 0 Å². The Bertz CT molecular complexity index is 2830. The highest BCUT2D eigenvalue weighted by molar-refractivity contribution is 6.11. The van der Waals surface area contributed by atoms with Crippen LogP contribution in [0, 0.1) is 13.8 Å². The maximum atomic E-state index is 2.40. The van der Waals surface area contributed by atoms with Crippen molar-refractivity contribution in [1.82, 2.24) is 9.13 Å². The maximum absolute atomic E-state index is 2.40. The lowest BCUT2D eigenvalue weighted by molar-refractivity contribution is 1.15. The molecule has 0 aliphatic heterocycles. The zero-order valence-electron chi connectivity index (χ0n) is 30.4. The average Bonchev–Trinajstić information content (AvgIpc) is 3.73. The number of benzene rings is 8. The van der Waals surface area contributed by atoms with E-state index in [0.717, 1.165) is 0 Å². The highest BCUT2D eigenvalue weighted by atomic mass is 15.0. The molecule has 0 unspecified atom stereocenters. The fourth-order valence-electron chi connectivity index (χ4n) is 8.22. The summed E-state index contributed by atoms with van der Waals surface area (Å²) >= 11 is 0. The molecule has 0 N–H and O–H groups in total. The Morgan fingerprint density at radius 3 is 1.09 bits per heavy atom. The monoisotopic (exact) mass is 690 g/mol. The second kappa shape index (κ2) is 12.9. The summed E-state index contributed by atoms with van der Waals surface area (Å²) in [6.45, 7) is 4.37. The van der Waals surface area contributed by atoms with Gasteiger partial charge in [0.1, 0.15) is 0 Å². The topological polar surface area (TPSA) is 9.86 Å². The maximum Gasteiger partial charge on any atom is 0.0541 e. The minimum atomic E-state index is 1.18. The van der Waals surface area contributed by atoms with Gasteiger partial charge in [-0.1, -0.05) is 146 Å². The van der Waals surface area contributed by atoms with Gasteiger partial charge in [-0.2, -0.15) is 0 Å². The summed E-state index contributed by atoms with van der Waals surface area (Å²) in [5.74, 6) is 0. The zero-order valence-corrected chi connectivity index (χ0v) is 30.4. The van der Waals surface area contributed by atoms with E-state index in [1.807, 2.05) is 0 Å². The Hall–Kier alpha value is -6.90. The number of hydrogen-bond acceptors (Lipinski definition) is 0. The number of nitrogens with zero attached hydrogens (tertiary/aromatic N) is 2. The fraction of sp³-hybridized carbons (Fsp3) is 0.0385. The molecule has 0 aliphatic carbocycles. The van der Waals surface area contributed by atoms with Crippen molar-refractivity contribution in [2.24, 2.45) is 0 Å². The molecule has 0 radical (unpaired) electrons. The van der Waals surface area contributed by atoms with E-state index in [2.05, 4.69) is 217 Å². The Kier molecular flexibility index (Phi) is 7.63. The number of hydrogen-bond donors (Lipinski definition) is 0. The number of fused-ring (bicyclic) bond motifs is 6. The molecule has 54 heavy (non-hydrogen) atoms. The van der Waals surface area contributed by atoms with E-state index in [0.29, 0.717) is 0 Å². The van der Waals surface area contributed by atoms with Gasteiger partial charge in [-0.05, 0) is 107 Å². The molecule has 0 atom stereocenters. The number of aromatic nitrogens is 2. The summed E-state index contributed by atoms with van der Waals surface area (Å²) in [5.41, 5.74) is 17.1. The predicted octanol–water partition coefficient (Wildman–Crippen LogP) is 14.0. The first kappa shape index (κ1) is 31.8. The van der Waals surface area contributed by atoms with E-state index >= 15 is 0 Å². The molecule has 0 aliphatic rings. The van der Waals surface area contributed by atoms with Crippen LogP contribution in [-0.2, 0) is 0 Å². The quantitative estimate of drug-likeness (QED) is 0.154. The average molecular weight is 691 g/mol. The van der Waals surface area contributed by atoms with E-state index in [1.54, 1.807) is 0 Å². The Morgan fingerprint density at radius 2 is 0.667 bits per heavy atom. The number of rotatable bonds is 6. The van der Waals surface area contributed by atoms with Gasteiger partial charge in [-0.15, -0.1) is 0 Å². The highest BCUT2D eigenvalue weighted by Crippen LogP contribution is 2.37. The van der Waals surface area contributed by atoms with Crippen LogP contribution < -0.4 is 0 Å². The van der Waals surface area contributed by atoms with Crippen LogP contribution in [0.5, 0.6) is 0 Å². The van der Waals surface area contributed by atoms with Gasteiger partial charge in [-0.25, -0.2) is 0 Å². The van der Waals surface area contributed by atoms with Gasteiger partial charge < -0.3 is 9.13 Å². The molecule has 10 aromatic rings. The van der Waals surface area contributed by atoms with Gasteiger partial charge in [0, 0.05) is 32.9 Å². The highest BCUT2D eigenvalue weighted by Gasteiger charge is 2.16. The third-order valence-electron chi connectivity index (χ3n) is 11.0. The van der Waals surface area contributed by atoms with Crippen LogP contribution in [0.2, 0.25) is 0 Å². The lowest BCUT2D eigenvalue weighted by atomic mass is 10.00. The van der Waals surface area contributed by atoms with Crippen molar-refractivity contribution in [2.75, 3.05) is 0 Å². The second-order valence-corrected chi connectivity index (χ2v) is 14.3. The SMILES string of the molecule is Cc1ccccc1-n1c2ccccc2c2cc(-c3ccc(/C=C/c4ccc(-c5ccc6c(c5)c5ccccc5n6-c5ccccc5C)cc4)cc3)ccc21. The van der Waals surface area contributed by atoms with Crippen LogP contribution in [0.25, 0.3) is 89.4 Å². The van der Waals surface area contributed by atoms with E-state index in [1.165, 1.54) is 99.5 Å². The first-order valence-electron chi connectivity index (χ1n) is 18.7. The van der Waals surface area contributed by atoms with Crippen molar-refractivity contribution < 1.29 is 0 Å². The standard InChI is InChI=1S/C52H38N2/c1-35-11-3-7-15-47(35)53-49-17-9-5-13-43(49)45-33-41(29-31-51(45)53)39-25-21-37(22-26-39)19-20-38-23-27-40(28-24-38)42-30-32-52-46(34-42)44-14-6-10-18-50(44)54(52)48-16-8-4-12-36(48)2/h3-34H,1-2H3/b20-19+. The Balaban J connectivity index is 0.910. The van der Waals surface area contributed by atoms with Crippen molar-refractivity contribution in [3.63, 3.8) is 0 Å². The summed E-state index contributed by atoms with van der Waals surface area (Å²) in [4.78, 5) is 0. The summed E-state index contributed by atoms with van der Waals surface area (Å²) in [7, 11) is 0. The van der Waals surface area contributed by atoms with Gasteiger partial charge in [-0.3, -0.25) is 0 Å². The fourth-order valence-corrected chi connectivity index (χ4v) is 8.22. The van der Waals surface area contributed by atoms with Crippen LogP contribution in [0.1, 0.15) is 22.3 Å². The molecule has 8 aromatic carbocycles. The molecular weight excluding hydrogens is 653 g/mol. The lowest BCUT2D eigenvalue weighted by Crippen LogP contribution is -1.96. The molecule has 0 bridgehead atoms. The van der Waals surface area contributed by atoms with Crippen molar-refractivity contribution in [3.05, 3.63) is 204 Å². The molecule has 0 saturated carbocycles. The molecule has 2 aromatic heterocycles. The molecule has 2 nitrogen and oxygen atoms in total. The van der Waals surface area contributed by atoms with Crippen molar-refractivity contribution in [1.29, 1.82) is 0 Å². The third-order valence-corrected chi connectivity index (χ3v) is 11.0. The molecule has 2 heterocycles. The molecule has 10 rings (SSSR count). The van der Waals surface area contributed by atoms with Gasteiger partial charge in [0.05, 0.1) is 22.1 Å². The van der Waals surface area contributed by atoms with Gasteiger partial charge in [0.2, 0.25) is 0 Å². The first-order valence-corrected chi connectivity index (χ1v) is 18.7. The second-order valence-electron chi connectivity index (χ2n) is 14.3. The molecule has 0 fully saturated rings. The van der Waals surface area contributed by atoms with Gasteiger partial charge in [0.15, 0.2) is 0 Å². The van der Waals surface area contributed by atoms with Crippen LogP contribution in [0.15, 0.2) is 182 Å². The van der Waals surface area contributed by atoms with Crippen molar-refractivity contribution in [3.8, 4) is 33.6 Å². The van der Waals surface area contributed by atoms with Crippen molar-refractivity contribution >= 4 is 55.8 Å². The predicted molar refractivity (Wildman–Crippen MR) is 231 cm³/mol. The summed E-state index contributed by atoms with van der Waals surface area (Å²) in [5, 5.41) is 5.09. The Labute approximate surface area is 315 Å². The molecule has 0 spiro atoms. The largest absolute Gasteiger partial charge is 0.309 e. The van der Waals surface area contributed by atoms with Gasteiger partial charge in [0.25, 0.3) is 0 Å². The smallest absolute Gasteiger partial charge is 0.0541 e. The van der Waals surface area contributed by atoms with Crippen LogP contribution >= 0.6 is 0 Å². The molecule has 2 heteroatoms. The molecular formula is C52H38N2. The number of aryl methyl sites for hydroxylation is 2. The summed E-state index contributed by atoms with van der Waals surface area (Å²) in [6.07, 6.45) is 4.40. The molecule has 256 valence electrons. The lowest BCUT2D eigenvalue weighted by Gasteiger charge is -2.11. The Morgan fingerprint density at radius 1 is 0.315 bits per heavy atom. The van der Waals surface area contributed by atoms with E-state index in [-0.39, 0.29) is 0 Å². The van der Waals surface area contributed by atoms with Crippen LogP contribution in [-0.4, -0.2) is 9.13 Å². The minimum Gasteiger partial charge on any atom is -0.309 e. The van der Waals surface area contributed by atoms with Gasteiger partial charge >= 0.3 is 0 Å². The summed E-state index contributed by atoms with van der Waals surface area (Å²) < 4.78 is 4.80. The first-order chi connectivity index (χ1) is 26.6. The van der Waals surface area contributed by atoms with E-state index in [9.17, 15) is 0 Å². The molecule has 0 saturated heterocycles. The van der Waals surface area contributed by atoms with Crippen LogP contribution in [0.3, 0.4) is 0 Å². The summed E-state index contributed by atoms with van der Waals surface area (Å²) in [6, 6.07) is 66.2. The molecule has 0 amide bonds. The van der Waals surface area contributed by atoms with Crippen molar-refractivity contribution in [2.45, 2.75) is 13.8 Å². The minimum absolute atomic E-state index is 1.18. The van der Waals surface area contributed by atoms with E-state index in [4.69, 9.17) is 0 Å². The number of para-hydroxylation sites is 4.